The average Bonchev–Trinajstić information content (AvgIpc) is 2.97. The first-order chi connectivity index (χ1) is 12.1. The van der Waals surface area contributed by atoms with Crippen LogP contribution in [0.25, 0.3) is 0 Å². The van der Waals surface area contributed by atoms with E-state index in [1.807, 2.05) is 24.3 Å². The van der Waals surface area contributed by atoms with E-state index in [0.29, 0.717) is 21.4 Å². The number of furan rings is 1. The zero-order valence-corrected chi connectivity index (χ0v) is 15.8. The van der Waals surface area contributed by atoms with Crippen LogP contribution in [0.2, 0.25) is 5.02 Å². The molecule has 3 rings (SSSR count). The lowest BCUT2D eigenvalue weighted by Crippen LogP contribution is -2.17. The van der Waals surface area contributed by atoms with E-state index in [-0.39, 0.29) is 5.91 Å². The highest BCUT2D eigenvalue weighted by Gasteiger charge is 2.10. The summed E-state index contributed by atoms with van der Waals surface area (Å²) in [5.41, 5.74) is 2.86. The van der Waals surface area contributed by atoms with Crippen LogP contribution in [-0.4, -0.2) is 17.1 Å². The van der Waals surface area contributed by atoms with Crippen LogP contribution >= 0.6 is 39.3 Å². The Labute approximate surface area is 161 Å². The van der Waals surface area contributed by atoms with Gasteiger partial charge < -0.3 is 4.42 Å². The van der Waals surface area contributed by atoms with Gasteiger partial charge in [0.1, 0.15) is 5.76 Å². The molecule has 0 bridgehead atoms. The minimum absolute atomic E-state index is 0.342. The van der Waals surface area contributed by atoms with Gasteiger partial charge in [0.15, 0.2) is 5.09 Å². The Morgan fingerprint density at radius 1 is 1.32 bits per heavy atom. The van der Waals surface area contributed by atoms with Crippen LogP contribution in [0.15, 0.2) is 78.8 Å². The van der Waals surface area contributed by atoms with Gasteiger partial charge in [-0.15, -0.1) is 0 Å². The highest BCUT2D eigenvalue weighted by atomic mass is 79.9. The van der Waals surface area contributed by atoms with E-state index in [1.54, 1.807) is 24.4 Å². The number of pyridine rings is 1. The van der Waals surface area contributed by atoms with Crippen molar-refractivity contribution in [3.63, 3.8) is 0 Å². The number of hydrogen-bond donors (Lipinski definition) is 1. The maximum Gasteiger partial charge on any atom is 0.272 e. The molecule has 0 radical (unpaired) electrons. The molecule has 8 heteroatoms. The Bertz CT molecular complexity index is 898. The van der Waals surface area contributed by atoms with Gasteiger partial charge in [-0.1, -0.05) is 23.4 Å². The first kappa shape index (κ1) is 17.7. The molecule has 2 heterocycles. The second kappa shape index (κ2) is 8.33. The molecule has 0 unspecified atom stereocenters. The highest BCUT2D eigenvalue weighted by molar-refractivity contribution is 9.10. The van der Waals surface area contributed by atoms with Gasteiger partial charge >= 0.3 is 0 Å². The van der Waals surface area contributed by atoms with Crippen molar-refractivity contribution in [2.75, 3.05) is 0 Å². The number of hydrogen-bond acceptors (Lipinski definition) is 5. The van der Waals surface area contributed by atoms with Crippen molar-refractivity contribution in [3.05, 3.63) is 75.7 Å². The maximum absolute atomic E-state index is 11.9. The molecular weight excluding hydrogens is 426 g/mol. The van der Waals surface area contributed by atoms with E-state index in [4.69, 9.17) is 16.0 Å². The van der Waals surface area contributed by atoms with Crippen LogP contribution in [0.4, 0.5) is 0 Å². The number of halogens is 2. The van der Waals surface area contributed by atoms with E-state index < -0.39 is 0 Å². The summed E-state index contributed by atoms with van der Waals surface area (Å²) < 4.78 is 6.50. The fourth-order valence-corrected chi connectivity index (χ4v) is 3.28. The predicted molar refractivity (Wildman–Crippen MR) is 101 cm³/mol. The molecule has 0 saturated heterocycles. The van der Waals surface area contributed by atoms with Gasteiger partial charge in [-0.3, -0.25) is 9.78 Å². The molecule has 126 valence electrons. The number of rotatable bonds is 5. The third kappa shape index (κ3) is 4.94. The van der Waals surface area contributed by atoms with E-state index in [0.717, 1.165) is 9.37 Å². The van der Waals surface area contributed by atoms with Gasteiger partial charge in [-0.05, 0) is 52.3 Å². The zero-order valence-electron chi connectivity index (χ0n) is 12.6. The van der Waals surface area contributed by atoms with Crippen molar-refractivity contribution in [1.82, 2.24) is 10.4 Å². The number of nitrogens with one attached hydrogen (secondary N) is 1. The molecule has 25 heavy (non-hydrogen) atoms. The quantitative estimate of drug-likeness (QED) is 0.451. The first-order valence-electron chi connectivity index (χ1n) is 7.08. The number of nitrogens with zero attached hydrogens (tertiary/aromatic N) is 2. The Morgan fingerprint density at radius 2 is 2.12 bits per heavy atom. The molecule has 0 atom stereocenters. The van der Waals surface area contributed by atoms with Crippen LogP contribution in [0.3, 0.4) is 0 Å². The van der Waals surface area contributed by atoms with E-state index in [2.05, 4.69) is 31.4 Å². The molecule has 1 amide bonds. The lowest BCUT2D eigenvalue weighted by atomic mass is 10.3. The van der Waals surface area contributed by atoms with Crippen LogP contribution < -0.4 is 5.43 Å². The Hall–Kier alpha value is -2.09. The molecule has 0 spiro atoms. The molecular formula is C17H11BrClN3O2S. The van der Waals surface area contributed by atoms with Crippen molar-refractivity contribution in [2.45, 2.75) is 9.99 Å². The Kier molecular flexibility index (Phi) is 5.91. The molecule has 1 N–H and O–H groups in total. The summed E-state index contributed by atoms with van der Waals surface area (Å²) in [4.78, 5) is 16.7. The molecule has 2 aromatic heterocycles. The second-order valence-corrected chi connectivity index (χ2v) is 7.12. The average molecular weight is 437 g/mol. The number of benzene rings is 1. The van der Waals surface area contributed by atoms with Gasteiger partial charge in [0, 0.05) is 28.4 Å². The zero-order chi connectivity index (χ0) is 17.6. The van der Waals surface area contributed by atoms with Crippen LogP contribution in [0.1, 0.15) is 16.1 Å². The van der Waals surface area contributed by atoms with E-state index in [1.165, 1.54) is 24.2 Å². The van der Waals surface area contributed by atoms with Crippen molar-refractivity contribution in [3.8, 4) is 0 Å². The fourth-order valence-electron chi connectivity index (χ4n) is 1.83. The molecule has 0 aliphatic rings. The number of aromatic nitrogens is 1. The minimum Gasteiger partial charge on any atom is -0.447 e. The summed E-state index contributed by atoms with van der Waals surface area (Å²) in [6, 6.07) is 12.6. The van der Waals surface area contributed by atoms with Gasteiger partial charge in [0.25, 0.3) is 5.91 Å². The molecule has 0 aliphatic heterocycles. The van der Waals surface area contributed by atoms with Crippen LogP contribution in [0.5, 0.6) is 0 Å². The SMILES string of the molecule is O=C(NN=Cc1cc(Br)c(Sc2ccc(Cl)cc2)o1)c1cccnc1. The standard InChI is InChI=1S/C17H11BrClN3O2S/c18-15-8-13(10-21-22-16(23)11-2-1-7-20-9-11)24-17(15)25-14-5-3-12(19)4-6-14/h1-10H,(H,22,23). The smallest absolute Gasteiger partial charge is 0.272 e. The molecule has 0 saturated carbocycles. The summed E-state index contributed by atoms with van der Waals surface area (Å²) in [6.07, 6.45) is 4.50. The summed E-state index contributed by atoms with van der Waals surface area (Å²) >= 11 is 10.8. The predicted octanol–water partition coefficient (Wildman–Crippen LogP) is 5.01. The van der Waals surface area contributed by atoms with Crippen molar-refractivity contribution >= 4 is 51.4 Å². The van der Waals surface area contributed by atoms with Gasteiger partial charge in [0.2, 0.25) is 0 Å². The number of amides is 1. The normalized spacial score (nSPS) is 11.0. The van der Waals surface area contributed by atoms with Gasteiger partial charge in [0.05, 0.1) is 16.3 Å². The van der Waals surface area contributed by atoms with Crippen molar-refractivity contribution < 1.29 is 9.21 Å². The van der Waals surface area contributed by atoms with Gasteiger partial charge in [-0.2, -0.15) is 5.10 Å². The fraction of sp³-hybridized carbons (Fsp3) is 0. The van der Waals surface area contributed by atoms with E-state index in [9.17, 15) is 4.79 Å². The minimum atomic E-state index is -0.342. The molecule has 3 aromatic rings. The third-order valence-electron chi connectivity index (χ3n) is 2.98. The molecule has 1 aromatic carbocycles. The lowest BCUT2D eigenvalue weighted by Gasteiger charge is -1.99. The number of carbonyl (C=O) groups excluding carboxylic acids is 1. The Balaban J connectivity index is 1.64. The summed E-state index contributed by atoms with van der Waals surface area (Å²) in [6.45, 7) is 0. The third-order valence-corrected chi connectivity index (χ3v) is 5.08. The second-order valence-electron chi connectivity index (χ2n) is 4.78. The first-order valence-corrected chi connectivity index (χ1v) is 9.07. The topological polar surface area (TPSA) is 67.5 Å². The maximum atomic E-state index is 11.9. The van der Waals surface area contributed by atoms with E-state index >= 15 is 0 Å². The van der Waals surface area contributed by atoms with Crippen LogP contribution in [0, 0.1) is 0 Å². The summed E-state index contributed by atoms with van der Waals surface area (Å²) in [5.74, 6) is 0.167. The van der Waals surface area contributed by atoms with Gasteiger partial charge in [-0.25, -0.2) is 5.43 Å². The number of carbonyl (C=O) groups is 1. The Morgan fingerprint density at radius 3 is 2.84 bits per heavy atom. The summed E-state index contributed by atoms with van der Waals surface area (Å²) in [7, 11) is 0. The van der Waals surface area contributed by atoms with Crippen molar-refractivity contribution in [1.29, 1.82) is 0 Å². The van der Waals surface area contributed by atoms with Crippen LogP contribution in [-0.2, 0) is 0 Å². The monoisotopic (exact) mass is 435 g/mol. The largest absolute Gasteiger partial charge is 0.447 e. The highest BCUT2D eigenvalue weighted by Crippen LogP contribution is 2.35. The molecule has 0 fully saturated rings. The van der Waals surface area contributed by atoms with Crippen molar-refractivity contribution in [2.24, 2.45) is 5.10 Å². The number of hydrazone groups is 1. The molecule has 5 nitrogen and oxygen atoms in total. The molecule has 0 aliphatic carbocycles. The summed E-state index contributed by atoms with van der Waals surface area (Å²) in [5, 5.41) is 5.26. The lowest BCUT2D eigenvalue weighted by molar-refractivity contribution is 0.0954.